The summed E-state index contributed by atoms with van der Waals surface area (Å²) in [4.78, 5) is 14.2. The molecule has 4 nitrogen and oxygen atoms in total. The fourth-order valence-electron chi connectivity index (χ4n) is 3.03. The van der Waals surface area contributed by atoms with Gasteiger partial charge in [0.2, 0.25) is 0 Å². The van der Waals surface area contributed by atoms with Crippen molar-refractivity contribution in [2.75, 3.05) is 26.7 Å². The third-order valence-corrected chi connectivity index (χ3v) is 4.37. The van der Waals surface area contributed by atoms with E-state index in [4.69, 9.17) is 0 Å². The van der Waals surface area contributed by atoms with Crippen molar-refractivity contribution in [1.82, 2.24) is 10.2 Å². The number of nitrogens with zero attached hydrogens (tertiary/aromatic N) is 1. The molecule has 0 saturated carbocycles. The first kappa shape index (κ1) is 15.0. The van der Waals surface area contributed by atoms with Gasteiger partial charge in [0, 0.05) is 13.1 Å². The second-order valence-electron chi connectivity index (χ2n) is 5.77. The maximum absolute atomic E-state index is 11.8. The molecule has 0 amide bonds. The van der Waals surface area contributed by atoms with E-state index < -0.39 is 11.5 Å². The van der Waals surface area contributed by atoms with Crippen molar-refractivity contribution in [2.24, 2.45) is 5.92 Å². The van der Waals surface area contributed by atoms with Gasteiger partial charge in [0.05, 0.1) is 0 Å². The quantitative estimate of drug-likeness (QED) is 0.833. The highest BCUT2D eigenvalue weighted by atomic mass is 16.4. The zero-order valence-corrected chi connectivity index (χ0v) is 12.3. The molecule has 2 rings (SSSR count). The van der Waals surface area contributed by atoms with Gasteiger partial charge in [-0.1, -0.05) is 37.3 Å². The Bertz CT molecular complexity index is 449. The summed E-state index contributed by atoms with van der Waals surface area (Å²) in [6.07, 6.45) is 1.79. The van der Waals surface area contributed by atoms with Gasteiger partial charge in [-0.15, -0.1) is 0 Å². The number of hydrogen-bond acceptors (Lipinski definition) is 3. The lowest BCUT2D eigenvalue weighted by Crippen LogP contribution is -2.49. The molecule has 0 spiro atoms. The summed E-state index contributed by atoms with van der Waals surface area (Å²) in [6.45, 7) is 5.22. The second-order valence-corrected chi connectivity index (χ2v) is 5.77. The predicted octanol–water partition coefficient (Wildman–Crippen LogP) is 1.92. The van der Waals surface area contributed by atoms with Crippen molar-refractivity contribution in [3.8, 4) is 0 Å². The van der Waals surface area contributed by atoms with Crippen LogP contribution in [0.2, 0.25) is 0 Å². The number of likely N-dealkylation sites (N-methyl/N-ethyl adjacent to an activating group) is 1. The van der Waals surface area contributed by atoms with Gasteiger partial charge in [-0.3, -0.25) is 0 Å². The van der Waals surface area contributed by atoms with E-state index in [1.54, 1.807) is 7.05 Å². The first-order chi connectivity index (χ1) is 9.58. The molecule has 0 bridgehead atoms. The van der Waals surface area contributed by atoms with E-state index in [9.17, 15) is 9.90 Å². The summed E-state index contributed by atoms with van der Waals surface area (Å²) in [6, 6.07) is 9.47. The molecule has 0 aromatic heterocycles. The molecular weight excluding hydrogens is 252 g/mol. The normalized spacial score (nSPS) is 22.6. The Morgan fingerprint density at radius 2 is 2.15 bits per heavy atom. The number of nitrogens with one attached hydrogen (secondary N) is 1. The molecule has 1 heterocycles. The number of likely N-dealkylation sites (tertiary alicyclic amines) is 1. The lowest BCUT2D eigenvalue weighted by molar-refractivity contribution is -0.145. The van der Waals surface area contributed by atoms with Crippen LogP contribution in [0.25, 0.3) is 0 Å². The number of carboxylic acids is 1. The Balaban J connectivity index is 2.13. The van der Waals surface area contributed by atoms with Gasteiger partial charge < -0.3 is 15.3 Å². The zero-order chi connectivity index (χ0) is 14.6. The Kier molecular flexibility index (Phi) is 4.78. The summed E-state index contributed by atoms with van der Waals surface area (Å²) in [5, 5.41) is 12.8. The van der Waals surface area contributed by atoms with Crippen molar-refractivity contribution >= 4 is 5.97 Å². The van der Waals surface area contributed by atoms with Crippen LogP contribution in [0.1, 0.15) is 25.3 Å². The predicted molar refractivity (Wildman–Crippen MR) is 79.7 cm³/mol. The Labute approximate surface area is 120 Å². The summed E-state index contributed by atoms with van der Waals surface area (Å²) in [7, 11) is 1.73. The molecule has 2 unspecified atom stereocenters. The molecule has 1 saturated heterocycles. The monoisotopic (exact) mass is 276 g/mol. The van der Waals surface area contributed by atoms with E-state index in [0.29, 0.717) is 6.42 Å². The van der Waals surface area contributed by atoms with Crippen LogP contribution in [0.15, 0.2) is 30.3 Å². The number of aliphatic carboxylic acids is 1. The largest absolute Gasteiger partial charge is 0.480 e. The average molecular weight is 276 g/mol. The average Bonchev–Trinajstić information content (AvgIpc) is 2.87. The minimum Gasteiger partial charge on any atom is -0.480 e. The molecule has 110 valence electrons. The lowest BCUT2D eigenvalue weighted by Gasteiger charge is -2.31. The molecule has 4 heteroatoms. The zero-order valence-electron chi connectivity index (χ0n) is 12.3. The van der Waals surface area contributed by atoms with Crippen LogP contribution in [0, 0.1) is 5.92 Å². The smallest absolute Gasteiger partial charge is 0.328 e. The molecule has 0 aliphatic carbocycles. The molecule has 1 aromatic rings. The number of carbonyl (C=O) groups is 1. The maximum atomic E-state index is 11.8. The standard InChI is InChI=1S/C16H24N2O2/c1-13-8-10-18(12-13)11-9-16(17-2,15(19)20)14-6-4-3-5-7-14/h3-7,13,17H,8-12H2,1-2H3,(H,19,20). The second kappa shape index (κ2) is 6.37. The van der Waals surface area contributed by atoms with Crippen molar-refractivity contribution in [2.45, 2.75) is 25.3 Å². The van der Waals surface area contributed by atoms with Crippen molar-refractivity contribution in [3.05, 3.63) is 35.9 Å². The molecule has 2 N–H and O–H groups in total. The highest BCUT2D eigenvalue weighted by molar-refractivity contribution is 5.80. The van der Waals surface area contributed by atoms with Gasteiger partial charge in [0.1, 0.15) is 5.54 Å². The Hall–Kier alpha value is -1.39. The van der Waals surface area contributed by atoms with Gasteiger partial charge in [0.15, 0.2) is 0 Å². The summed E-state index contributed by atoms with van der Waals surface area (Å²) >= 11 is 0. The van der Waals surface area contributed by atoms with Crippen LogP contribution in [-0.4, -0.2) is 42.7 Å². The maximum Gasteiger partial charge on any atom is 0.328 e. The summed E-state index contributed by atoms with van der Waals surface area (Å²) in [5.41, 5.74) is -0.171. The van der Waals surface area contributed by atoms with Crippen LogP contribution in [0.3, 0.4) is 0 Å². The van der Waals surface area contributed by atoms with Gasteiger partial charge in [0.25, 0.3) is 0 Å². The van der Waals surface area contributed by atoms with Crippen LogP contribution < -0.4 is 5.32 Å². The van der Waals surface area contributed by atoms with Crippen LogP contribution in [0.4, 0.5) is 0 Å². The third-order valence-electron chi connectivity index (χ3n) is 4.37. The summed E-state index contributed by atoms with van der Waals surface area (Å²) in [5.74, 6) is -0.0843. The molecule has 20 heavy (non-hydrogen) atoms. The van der Waals surface area contributed by atoms with Crippen LogP contribution in [0.5, 0.6) is 0 Å². The van der Waals surface area contributed by atoms with Gasteiger partial charge in [-0.05, 0) is 37.9 Å². The van der Waals surface area contributed by atoms with E-state index in [1.165, 1.54) is 6.42 Å². The molecule has 1 aliphatic heterocycles. The minimum atomic E-state index is -0.993. The number of rotatable bonds is 6. The van der Waals surface area contributed by atoms with E-state index >= 15 is 0 Å². The lowest BCUT2D eigenvalue weighted by atomic mass is 9.86. The third kappa shape index (κ3) is 3.02. The minimum absolute atomic E-state index is 0.579. The van der Waals surface area contributed by atoms with Crippen molar-refractivity contribution in [3.63, 3.8) is 0 Å². The van der Waals surface area contributed by atoms with E-state index in [2.05, 4.69) is 17.1 Å². The fourth-order valence-corrected chi connectivity index (χ4v) is 3.03. The van der Waals surface area contributed by atoms with Crippen molar-refractivity contribution in [1.29, 1.82) is 0 Å². The highest BCUT2D eigenvalue weighted by Gasteiger charge is 2.39. The fraction of sp³-hybridized carbons (Fsp3) is 0.562. The topological polar surface area (TPSA) is 52.6 Å². The van der Waals surface area contributed by atoms with Crippen LogP contribution in [-0.2, 0) is 10.3 Å². The molecule has 1 aliphatic rings. The van der Waals surface area contributed by atoms with Gasteiger partial charge >= 0.3 is 5.97 Å². The van der Waals surface area contributed by atoms with E-state index in [-0.39, 0.29) is 0 Å². The van der Waals surface area contributed by atoms with E-state index in [1.807, 2.05) is 30.3 Å². The molecule has 1 fully saturated rings. The number of hydrogen-bond donors (Lipinski definition) is 2. The first-order valence-electron chi connectivity index (χ1n) is 7.28. The Morgan fingerprint density at radius 3 is 2.65 bits per heavy atom. The molecule has 0 radical (unpaired) electrons. The van der Waals surface area contributed by atoms with Gasteiger partial charge in [-0.2, -0.15) is 0 Å². The molecule has 1 aromatic carbocycles. The van der Waals surface area contributed by atoms with Crippen LogP contribution >= 0.6 is 0 Å². The first-order valence-corrected chi connectivity index (χ1v) is 7.28. The summed E-state index contributed by atoms with van der Waals surface area (Å²) < 4.78 is 0. The van der Waals surface area contributed by atoms with Crippen molar-refractivity contribution < 1.29 is 9.90 Å². The van der Waals surface area contributed by atoms with E-state index in [0.717, 1.165) is 31.1 Å². The highest BCUT2D eigenvalue weighted by Crippen LogP contribution is 2.27. The SMILES string of the molecule is CNC(CCN1CCC(C)C1)(C(=O)O)c1ccccc1. The number of carboxylic acid groups (broad SMARTS) is 1. The molecular formula is C16H24N2O2. The van der Waals surface area contributed by atoms with Gasteiger partial charge in [-0.25, -0.2) is 4.79 Å². The Morgan fingerprint density at radius 1 is 1.45 bits per heavy atom. The number of benzene rings is 1. The molecule has 2 atom stereocenters.